The molecule has 1 saturated heterocycles. The average molecular weight is 680 g/mol. The number of pyridine rings is 1. The predicted molar refractivity (Wildman–Crippen MR) is 162 cm³/mol. The molecule has 1 fully saturated rings. The van der Waals surface area contributed by atoms with E-state index in [4.69, 9.17) is 23.2 Å². The van der Waals surface area contributed by atoms with Crippen molar-refractivity contribution in [3.63, 3.8) is 0 Å². The molecule has 0 radical (unpaired) electrons. The third kappa shape index (κ3) is 7.60. The van der Waals surface area contributed by atoms with Crippen LogP contribution in [0.5, 0.6) is 5.75 Å². The Kier molecular flexibility index (Phi) is 10.3. The van der Waals surface area contributed by atoms with Gasteiger partial charge >= 0.3 is 6.18 Å². The van der Waals surface area contributed by atoms with E-state index in [0.29, 0.717) is 12.8 Å². The molecule has 2 amide bonds. The van der Waals surface area contributed by atoms with Crippen LogP contribution in [0.1, 0.15) is 36.0 Å². The summed E-state index contributed by atoms with van der Waals surface area (Å²) in [4.78, 5) is 53.7. The molecule has 1 aromatic heterocycles. The molecule has 0 saturated carbocycles. The van der Waals surface area contributed by atoms with Gasteiger partial charge in [-0.1, -0.05) is 23.2 Å². The summed E-state index contributed by atoms with van der Waals surface area (Å²) < 4.78 is 40.4. The number of halogens is 5. The van der Waals surface area contributed by atoms with Crippen LogP contribution in [0.15, 0.2) is 41.2 Å². The Bertz CT molecular complexity index is 1800. The van der Waals surface area contributed by atoms with Crippen molar-refractivity contribution in [2.75, 3.05) is 26.7 Å². The smallest absolute Gasteiger partial charge is 0.416 e. The Balaban J connectivity index is 1.61. The fraction of sp³-hybridized carbons (Fsp3) is 0.333. The van der Waals surface area contributed by atoms with Crippen molar-refractivity contribution in [2.45, 2.75) is 32.0 Å². The first-order chi connectivity index (χ1) is 21.6. The molecule has 16 heteroatoms. The number of hydrogen-bond acceptors (Lipinski definition) is 7. The number of aromatic hydroxyl groups is 1. The molecule has 0 bridgehead atoms. The second kappa shape index (κ2) is 13.8. The first kappa shape index (κ1) is 34.3. The Morgan fingerprint density at radius 1 is 1.15 bits per heavy atom. The second-order valence-corrected chi connectivity index (χ2v) is 11.6. The zero-order valence-corrected chi connectivity index (χ0v) is 25.7. The van der Waals surface area contributed by atoms with E-state index in [1.807, 2.05) is 0 Å². The standard InChI is InChI=1S/C30H26Cl2F3N5O6/c1-38(29(44)16-4-7-39(8-5-16)26(41)6-9-40(45)46)15-17-10-19(31)12-22(27(17)42)25-13-20(23(14-36)28(43)37-25)21-11-18(30(33,34)35)2-3-24(21)32/h2-3,10-13,16,42H,4-9,15H2,1H3,(H,37,43). The molecule has 242 valence electrons. The third-order valence-corrected chi connectivity index (χ3v) is 8.21. The van der Waals surface area contributed by atoms with Crippen LogP contribution in [-0.4, -0.2) is 63.3 Å². The highest BCUT2D eigenvalue weighted by molar-refractivity contribution is 6.33. The molecule has 0 spiro atoms. The number of nitriles is 1. The molecule has 2 N–H and O–H groups in total. The number of H-pyrrole nitrogens is 1. The molecule has 0 unspecified atom stereocenters. The maximum atomic E-state index is 13.5. The number of aromatic nitrogens is 1. The number of benzene rings is 2. The molecule has 1 aliphatic heterocycles. The molecule has 3 aromatic rings. The maximum Gasteiger partial charge on any atom is 0.416 e. The Morgan fingerprint density at radius 3 is 2.43 bits per heavy atom. The molecule has 2 heterocycles. The number of aromatic amines is 1. The lowest BCUT2D eigenvalue weighted by Crippen LogP contribution is -2.43. The summed E-state index contributed by atoms with van der Waals surface area (Å²) in [6, 6.07) is 8.11. The van der Waals surface area contributed by atoms with Crippen molar-refractivity contribution >= 4 is 35.0 Å². The number of phenolic OH excluding ortho intramolecular Hbond substituents is 1. The van der Waals surface area contributed by atoms with Crippen LogP contribution in [0, 0.1) is 27.4 Å². The maximum absolute atomic E-state index is 13.5. The van der Waals surface area contributed by atoms with Gasteiger partial charge in [0.2, 0.25) is 18.4 Å². The van der Waals surface area contributed by atoms with Crippen molar-refractivity contribution in [1.29, 1.82) is 5.26 Å². The van der Waals surface area contributed by atoms with Crippen molar-refractivity contribution in [3.05, 3.63) is 83.6 Å². The van der Waals surface area contributed by atoms with Crippen LogP contribution in [-0.2, 0) is 22.3 Å². The highest BCUT2D eigenvalue weighted by Crippen LogP contribution is 2.40. The van der Waals surface area contributed by atoms with E-state index in [-0.39, 0.29) is 81.6 Å². The highest BCUT2D eigenvalue weighted by atomic mass is 35.5. The van der Waals surface area contributed by atoms with E-state index in [0.717, 1.165) is 18.2 Å². The number of likely N-dealkylation sites (tertiary alicyclic amines) is 1. The number of hydrogen-bond donors (Lipinski definition) is 2. The molecule has 11 nitrogen and oxygen atoms in total. The largest absolute Gasteiger partial charge is 0.507 e. The zero-order chi connectivity index (χ0) is 33.9. The summed E-state index contributed by atoms with van der Waals surface area (Å²) in [6.07, 6.45) is -4.27. The monoisotopic (exact) mass is 679 g/mol. The summed E-state index contributed by atoms with van der Waals surface area (Å²) in [7, 11) is 1.51. The van der Waals surface area contributed by atoms with Crippen LogP contribution in [0.25, 0.3) is 22.4 Å². The quantitative estimate of drug-likeness (QED) is 0.236. The number of rotatable bonds is 8. The van der Waals surface area contributed by atoms with Gasteiger partial charge in [-0.05, 0) is 49.2 Å². The van der Waals surface area contributed by atoms with Gasteiger partial charge < -0.3 is 19.9 Å². The Morgan fingerprint density at radius 2 is 1.83 bits per heavy atom. The number of carbonyl (C=O) groups is 2. The number of amides is 2. The van der Waals surface area contributed by atoms with E-state index in [1.165, 1.54) is 35.0 Å². The summed E-state index contributed by atoms with van der Waals surface area (Å²) in [6.45, 7) is -0.0650. The van der Waals surface area contributed by atoms with Crippen molar-refractivity contribution in [3.8, 4) is 34.2 Å². The normalized spacial score (nSPS) is 13.7. The highest BCUT2D eigenvalue weighted by Gasteiger charge is 2.32. The van der Waals surface area contributed by atoms with Gasteiger partial charge in [0.1, 0.15) is 17.4 Å². The number of alkyl halides is 3. The average Bonchev–Trinajstić information content (AvgIpc) is 3.00. The summed E-state index contributed by atoms with van der Waals surface area (Å²) in [5, 5.41) is 31.4. The molecule has 2 aromatic carbocycles. The number of nitro groups is 1. The number of nitrogens with zero attached hydrogens (tertiary/aromatic N) is 4. The Hall–Kier alpha value is -4.61. The van der Waals surface area contributed by atoms with Crippen LogP contribution >= 0.6 is 23.2 Å². The first-order valence-electron chi connectivity index (χ1n) is 13.8. The molecule has 4 rings (SSSR count). The molecule has 1 aliphatic rings. The van der Waals surface area contributed by atoms with Crippen LogP contribution in [0.4, 0.5) is 13.2 Å². The van der Waals surface area contributed by atoms with Gasteiger partial charge in [-0.3, -0.25) is 24.5 Å². The minimum Gasteiger partial charge on any atom is -0.507 e. The summed E-state index contributed by atoms with van der Waals surface area (Å²) >= 11 is 12.5. The fourth-order valence-electron chi connectivity index (χ4n) is 5.28. The molecule has 0 aliphatic carbocycles. The van der Waals surface area contributed by atoms with Crippen LogP contribution in [0.3, 0.4) is 0 Å². The third-order valence-electron chi connectivity index (χ3n) is 7.66. The zero-order valence-electron chi connectivity index (χ0n) is 24.2. The molecular weight excluding hydrogens is 654 g/mol. The SMILES string of the molecule is CN(Cc1cc(Cl)cc(-c2cc(-c3cc(C(F)(F)F)ccc3Cl)c(C#N)c(=O)[nH]2)c1O)C(=O)C1CCN(C(=O)CC[N+](=O)[O-])CC1. The van der Waals surface area contributed by atoms with E-state index >= 15 is 0 Å². The summed E-state index contributed by atoms with van der Waals surface area (Å²) in [5.41, 5.74) is -2.82. The molecular formula is C30H26Cl2F3N5O6. The fourth-order valence-corrected chi connectivity index (χ4v) is 5.74. The van der Waals surface area contributed by atoms with Gasteiger partial charge in [0.15, 0.2) is 0 Å². The lowest BCUT2D eigenvalue weighted by molar-refractivity contribution is -0.478. The lowest BCUT2D eigenvalue weighted by atomic mass is 9.94. The minimum absolute atomic E-state index is 0.0177. The van der Waals surface area contributed by atoms with Gasteiger partial charge in [0.05, 0.1) is 17.7 Å². The van der Waals surface area contributed by atoms with E-state index < -0.39 is 40.2 Å². The number of phenols is 1. The number of nitrogens with one attached hydrogen (secondary N) is 1. The van der Waals surface area contributed by atoms with Gasteiger partial charge in [-0.15, -0.1) is 0 Å². The lowest BCUT2D eigenvalue weighted by Gasteiger charge is -2.33. The van der Waals surface area contributed by atoms with E-state index in [1.54, 1.807) is 6.07 Å². The second-order valence-electron chi connectivity index (χ2n) is 10.7. The first-order valence-corrected chi connectivity index (χ1v) is 14.6. The molecule has 46 heavy (non-hydrogen) atoms. The minimum atomic E-state index is -4.73. The Labute approximate surface area is 269 Å². The topological polar surface area (TPSA) is 161 Å². The predicted octanol–water partition coefficient (Wildman–Crippen LogP) is 5.48. The van der Waals surface area contributed by atoms with E-state index in [2.05, 4.69) is 4.98 Å². The van der Waals surface area contributed by atoms with Gasteiger partial charge in [0.25, 0.3) is 5.56 Å². The van der Waals surface area contributed by atoms with Crippen LogP contribution in [0.2, 0.25) is 10.0 Å². The van der Waals surface area contributed by atoms with E-state index in [9.17, 15) is 48.0 Å². The number of carbonyl (C=O) groups excluding carboxylic acids is 2. The number of piperidine rings is 1. The van der Waals surface area contributed by atoms with Gasteiger partial charge in [0, 0.05) is 69.8 Å². The van der Waals surface area contributed by atoms with Gasteiger partial charge in [-0.25, -0.2) is 0 Å². The van der Waals surface area contributed by atoms with Crippen LogP contribution < -0.4 is 5.56 Å². The van der Waals surface area contributed by atoms with Crippen molar-refractivity contribution in [2.24, 2.45) is 5.92 Å². The van der Waals surface area contributed by atoms with Crippen molar-refractivity contribution in [1.82, 2.24) is 14.8 Å². The summed E-state index contributed by atoms with van der Waals surface area (Å²) in [5.74, 6) is -1.45. The van der Waals surface area contributed by atoms with Crippen molar-refractivity contribution < 1.29 is 32.8 Å². The molecule has 0 atom stereocenters. The van der Waals surface area contributed by atoms with Gasteiger partial charge in [-0.2, -0.15) is 18.4 Å².